The van der Waals surface area contributed by atoms with Gasteiger partial charge in [0.2, 0.25) is 6.79 Å². The summed E-state index contributed by atoms with van der Waals surface area (Å²) < 4.78 is 11.9. The molecule has 0 amide bonds. The van der Waals surface area contributed by atoms with Crippen LogP contribution in [0.3, 0.4) is 0 Å². The molecule has 0 fully saturated rings. The Hall–Kier alpha value is -5.04. The Balaban J connectivity index is 1.68. The van der Waals surface area contributed by atoms with E-state index in [2.05, 4.69) is 0 Å². The van der Waals surface area contributed by atoms with E-state index in [0.717, 1.165) is 43.8 Å². The second-order valence-electron chi connectivity index (χ2n) is 8.42. The molecule has 0 saturated heterocycles. The maximum Gasteiger partial charge on any atom is 0.230 e. The average molecular weight is 454 g/mol. The van der Waals surface area contributed by atoms with Crippen LogP contribution in [0.2, 0.25) is 0 Å². The zero-order chi connectivity index (χ0) is 24.4. The largest absolute Gasteiger partial charge is 0.457 e. The molecule has 6 nitrogen and oxygen atoms in total. The predicted octanol–water partition coefficient (Wildman–Crippen LogP) is 5.80. The number of rotatable bonds is 4. The van der Waals surface area contributed by atoms with E-state index in [1.165, 1.54) is 0 Å². The molecule has 35 heavy (non-hydrogen) atoms. The van der Waals surface area contributed by atoms with Crippen molar-refractivity contribution in [2.45, 2.75) is 12.8 Å². The minimum absolute atomic E-state index is 0.0885. The smallest absolute Gasteiger partial charge is 0.230 e. The molecular weight excluding hydrogens is 436 g/mol. The van der Waals surface area contributed by atoms with Gasteiger partial charge in [0.25, 0.3) is 0 Å². The summed E-state index contributed by atoms with van der Waals surface area (Å²) in [6.45, 7) is 0.0885. The maximum atomic E-state index is 9.16. The highest BCUT2D eigenvalue weighted by Gasteiger charge is 2.22. The summed E-state index contributed by atoms with van der Waals surface area (Å²) >= 11 is 0. The van der Waals surface area contributed by atoms with E-state index in [4.69, 9.17) is 30.5 Å². The Labute approximate surface area is 202 Å². The van der Waals surface area contributed by atoms with Crippen LogP contribution >= 0.6 is 0 Å². The number of hydrogen-bond donors (Lipinski definition) is 0. The van der Waals surface area contributed by atoms with Gasteiger partial charge in [-0.3, -0.25) is 0 Å². The van der Waals surface area contributed by atoms with Crippen LogP contribution in [0.1, 0.15) is 11.1 Å². The van der Waals surface area contributed by atoms with E-state index in [1.54, 1.807) is 0 Å². The molecule has 0 aliphatic carbocycles. The Morgan fingerprint density at radius 3 is 1.43 bits per heavy atom. The van der Waals surface area contributed by atoms with Gasteiger partial charge >= 0.3 is 0 Å². The summed E-state index contributed by atoms with van der Waals surface area (Å²) in [5.74, 6) is 0.0409. The lowest BCUT2D eigenvalue weighted by Crippen LogP contribution is -2.03. The fourth-order valence-electron chi connectivity index (χ4n) is 4.60. The summed E-state index contributed by atoms with van der Waals surface area (Å²) in [5.41, 5.74) is 3.68. The van der Waals surface area contributed by atoms with Crippen molar-refractivity contribution in [1.82, 2.24) is 0 Å². The van der Waals surface area contributed by atoms with E-state index in [1.807, 2.05) is 84.9 Å². The Bertz CT molecular complexity index is 1500. The second-order valence-corrected chi connectivity index (χ2v) is 8.42. The quantitative estimate of drug-likeness (QED) is 0.385. The SMILES string of the molecule is N#CC(C#N)Cc1ccc2c3c(ccc2c1)OCOc1ccc2cc(CC(C#N)C#N)ccc2c1-3. The van der Waals surface area contributed by atoms with Gasteiger partial charge in [0.05, 0.1) is 24.3 Å². The first kappa shape index (κ1) is 21.8. The molecule has 166 valence electrons. The van der Waals surface area contributed by atoms with Crippen LogP contribution in [0, 0.1) is 57.2 Å². The lowest BCUT2D eigenvalue weighted by molar-refractivity contribution is 0.125. The van der Waals surface area contributed by atoms with E-state index in [-0.39, 0.29) is 6.79 Å². The van der Waals surface area contributed by atoms with Crippen LogP contribution in [-0.2, 0) is 12.8 Å². The maximum absolute atomic E-state index is 9.16. The number of nitriles is 4. The van der Waals surface area contributed by atoms with E-state index < -0.39 is 11.8 Å². The molecule has 0 aromatic heterocycles. The summed E-state index contributed by atoms with van der Waals surface area (Å²) in [7, 11) is 0. The van der Waals surface area contributed by atoms with Crippen LogP contribution in [0.4, 0.5) is 0 Å². The monoisotopic (exact) mass is 454 g/mol. The molecule has 4 aromatic rings. The van der Waals surface area contributed by atoms with Crippen LogP contribution in [0.15, 0.2) is 60.7 Å². The van der Waals surface area contributed by atoms with Crippen LogP contribution in [0.25, 0.3) is 32.7 Å². The fraction of sp³-hybridized carbons (Fsp3) is 0.172. The van der Waals surface area contributed by atoms with Gasteiger partial charge in [-0.05, 0) is 44.8 Å². The van der Waals surface area contributed by atoms with Gasteiger partial charge in [0.1, 0.15) is 23.3 Å². The minimum atomic E-state index is -0.689. The van der Waals surface area contributed by atoms with Crippen LogP contribution in [0.5, 0.6) is 11.5 Å². The molecule has 1 aliphatic rings. The van der Waals surface area contributed by atoms with Gasteiger partial charge in [-0.15, -0.1) is 0 Å². The lowest BCUT2D eigenvalue weighted by Gasteiger charge is -2.15. The Morgan fingerprint density at radius 2 is 1.03 bits per heavy atom. The van der Waals surface area contributed by atoms with Crippen LogP contribution < -0.4 is 9.47 Å². The van der Waals surface area contributed by atoms with Crippen molar-refractivity contribution >= 4 is 21.5 Å². The van der Waals surface area contributed by atoms with Crippen molar-refractivity contribution in [2.75, 3.05) is 6.79 Å². The van der Waals surface area contributed by atoms with Gasteiger partial charge in [-0.25, -0.2) is 0 Å². The van der Waals surface area contributed by atoms with Crippen molar-refractivity contribution in [3.63, 3.8) is 0 Å². The van der Waals surface area contributed by atoms with Gasteiger partial charge < -0.3 is 9.47 Å². The molecule has 5 rings (SSSR count). The van der Waals surface area contributed by atoms with Crippen LogP contribution in [-0.4, -0.2) is 6.79 Å². The first-order valence-electron chi connectivity index (χ1n) is 11.1. The zero-order valence-electron chi connectivity index (χ0n) is 18.7. The Kier molecular flexibility index (Phi) is 5.65. The average Bonchev–Trinajstić information content (AvgIpc) is 3.09. The van der Waals surface area contributed by atoms with E-state index in [9.17, 15) is 0 Å². The van der Waals surface area contributed by atoms with Crippen molar-refractivity contribution in [3.8, 4) is 46.9 Å². The van der Waals surface area contributed by atoms with Crippen molar-refractivity contribution < 1.29 is 9.47 Å². The van der Waals surface area contributed by atoms with Gasteiger partial charge in [0, 0.05) is 24.0 Å². The molecule has 0 spiro atoms. The molecule has 0 saturated carbocycles. The standard InChI is InChI=1S/C29H18N4O2/c30-13-20(14-31)9-18-1-5-24-22(11-18)3-7-26-28(24)29-25-6-2-19(10-21(15-32)16-33)12-23(25)4-8-27(29)35-17-34-26/h1-8,11-12,20-21H,9-10,17H2. The molecule has 0 bridgehead atoms. The first-order chi connectivity index (χ1) is 17.1. The number of fused-ring (bicyclic) bond motifs is 7. The normalized spacial score (nSPS) is 11.8. The number of ether oxygens (including phenoxy) is 2. The minimum Gasteiger partial charge on any atom is -0.457 e. The molecule has 6 heteroatoms. The molecule has 4 aromatic carbocycles. The first-order valence-corrected chi connectivity index (χ1v) is 11.1. The molecule has 0 N–H and O–H groups in total. The van der Waals surface area contributed by atoms with Crippen molar-refractivity contribution in [3.05, 3.63) is 71.8 Å². The molecule has 0 atom stereocenters. The third-order valence-electron chi connectivity index (χ3n) is 6.27. The third-order valence-corrected chi connectivity index (χ3v) is 6.27. The Morgan fingerprint density at radius 1 is 0.600 bits per heavy atom. The molecule has 1 heterocycles. The number of hydrogen-bond acceptors (Lipinski definition) is 6. The lowest BCUT2D eigenvalue weighted by atomic mass is 9.90. The molecular formula is C29H18N4O2. The zero-order valence-corrected chi connectivity index (χ0v) is 18.7. The summed E-state index contributed by atoms with van der Waals surface area (Å²) in [6, 6.07) is 27.8. The van der Waals surface area contributed by atoms with E-state index >= 15 is 0 Å². The second kappa shape index (κ2) is 9.07. The molecule has 1 aliphatic heterocycles. The summed E-state index contributed by atoms with van der Waals surface area (Å²) in [4.78, 5) is 0. The highest BCUT2D eigenvalue weighted by Crippen LogP contribution is 2.47. The van der Waals surface area contributed by atoms with Crippen molar-refractivity contribution in [1.29, 1.82) is 21.0 Å². The molecule has 0 unspecified atom stereocenters. The predicted molar refractivity (Wildman–Crippen MR) is 130 cm³/mol. The topological polar surface area (TPSA) is 114 Å². The fourth-order valence-corrected chi connectivity index (χ4v) is 4.60. The summed E-state index contributed by atoms with van der Waals surface area (Å²) in [5, 5.41) is 40.6. The van der Waals surface area contributed by atoms with E-state index in [0.29, 0.717) is 24.3 Å². The highest BCUT2D eigenvalue weighted by molar-refractivity contribution is 6.10. The van der Waals surface area contributed by atoms with Gasteiger partial charge in [-0.2, -0.15) is 21.0 Å². The summed E-state index contributed by atoms with van der Waals surface area (Å²) in [6.07, 6.45) is 0.739. The number of nitrogens with zero attached hydrogens (tertiary/aromatic N) is 4. The third kappa shape index (κ3) is 3.95. The highest BCUT2D eigenvalue weighted by atomic mass is 16.7. The van der Waals surface area contributed by atoms with Gasteiger partial charge in [-0.1, -0.05) is 48.5 Å². The molecule has 0 radical (unpaired) electrons. The van der Waals surface area contributed by atoms with Crippen molar-refractivity contribution in [2.24, 2.45) is 11.8 Å². The number of benzene rings is 4. The van der Waals surface area contributed by atoms with Gasteiger partial charge in [0.15, 0.2) is 0 Å².